The van der Waals surface area contributed by atoms with E-state index in [1.54, 1.807) is 31.3 Å². The van der Waals surface area contributed by atoms with Crippen molar-refractivity contribution in [2.24, 2.45) is 0 Å². The van der Waals surface area contributed by atoms with Crippen LogP contribution < -0.4 is 10.5 Å². The number of rotatable bonds is 6. The number of aromatic nitrogens is 3. The van der Waals surface area contributed by atoms with E-state index in [0.717, 1.165) is 5.56 Å². The first-order valence-electron chi connectivity index (χ1n) is 8.85. The van der Waals surface area contributed by atoms with Crippen LogP contribution in [0.25, 0.3) is 22.6 Å². The van der Waals surface area contributed by atoms with E-state index in [1.807, 2.05) is 6.92 Å². The molecule has 0 saturated heterocycles. The van der Waals surface area contributed by atoms with Crippen molar-refractivity contribution in [3.8, 4) is 22.6 Å². The van der Waals surface area contributed by atoms with Crippen LogP contribution in [-0.4, -0.2) is 40.8 Å². The van der Waals surface area contributed by atoms with Gasteiger partial charge >= 0.3 is 0 Å². The molecule has 0 saturated carbocycles. The van der Waals surface area contributed by atoms with Crippen molar-refractivity contribution in [2.75, 3.05) is 12.3 Å². The Kier molecular flexibility index (Phi) is 6.87. The van der Waals surface area contributed by atoms with Crippen molar-refractivity contribution in [1.82, 2.24) is 19.8 Å². The fourth-order valence-electron chi connectivity index (χ4n) is 2.63. The summed E-state index contributed by atoms with van der Waals surface area (Å²) in [5.74, 6) is 0.931. The third kappa shape index (κ3) is 5.33. The number of aliphatic hydroxyl groups is 1. The molecular formula is C19H24ClN5O4S. The summed E-state index contributed by atoms with van der Waals surface area (Å²) in [6, 6.07) is 6.51. The van der Waals surface area contributed by atoms with E-state index >= 15 is 0 Å². The number of anilines is 1. The molecule has 2 aromatic heterocycles. The smallest absolute Gasteiger partial charge is 0.261 e. The van der Waals surface area contributed by atoms with E-state index < -0.39 is 15.6 Å². The molecule has 0 radical (unpaired) electrons. The molecule has 0 fully saturated rings. The van der Waals surface area contributed by atoms with E-state index in [-0.39, 0.29) is 35.6 Å². The summed E-state index contributed by atoms with van der Waals surface area (Å²) in [4.78, 5) is 8.45. The van der Waals surface area contributed by atoms with Gasteiger partial charge in [0.1, 0.15) is 5.82 Å². The number of sulfonamides is 1. The Morgan fingerprint density at radius 1 is 1.20 bits per heavy atom. The average Bonchev–Trinajstić information content (AvgIpc) is 3.06. The number of hydrogen-bond donors (Lipinski definition) is 3. The highest BCUT2D eigenvalue weighted by atomic mass is 35.5. The van der Waals surface area contributed by atoms with Gasteiger partial charge in [0, 0.05) is 18.3 Å². The van der Waals surface area contributed by atoms with Crippen LogP contribution in [0.3, 0.4) is 0 Å². The Balaban J connectivity index is 0.00000320. The molecule has 4 N–H and O–H groups in total. The quantitative estimate of drug-likeness (QED) is 0.516. The summed E-state index contributed by atoms with van der Waals surface area (Å²) in [5.41, 5.74) is 7.43. The minimum atomic E-state index is -3.80. The first-order valence-corrected chi connectivity index (χ1v) is 10.3. The van der Waals surface area contributed by atoms with Crippen molar-refractivity contribution >= 4 is 28.2 Å². The van der Waals surface area contributed by atoms with Gasteiger partial charge in [0.25, 0.3) is 5.89 Å². The van der Waals surface area contributed by atoms with Gasteiger partial charge in [-0.05, 0) is 57.0 Å². The zero-order valence-corrected chi connectivity index (χ0v) is 18.6. The highest BCUT2D eigenvalue weighted by Crippen LogP contribution is 2.31. The summed E-state index contributed by atoms with van der Waals surface area (Å²) in [5, 5.41) is 13.6. The Labute approximate surface area is 181 Å². The number of nitrogens with zero attached hydrogens (tertiary/aromatic N) is 3. The van der Waals surface area contributed by atoms with Crippen LogP contribution in [0, 0.1) is 13.8 Å². The van der Waals surface area contributed by atoms with Crippen molar-refractivity contribution < 1.29 is 18.0 Å². The van der Waals surface area contributed by atoms with Gasteiger partial charge < -0.3 is 15.4 Å². The predicted molar refractivity (Wildman–Crippen MR) is 116 cm³/mol. The molecule has 2 heterocycles. The maximum Gasteiger partial charge on any atom is 0.261 e. The van der Waals surface area contributed by atoms with Gasteiger partial charge in [0.05, 0.1) is 16.1 Å². The first-order chi connectivity index (χ1) is 13.5. The second kappa shape index (κ2) is 8.68. The molecule has 0 unspecified atom stereocenters. The molecule has 0 aliphatic rings. The van der Waals surface area contributed by atoms with Gasteiger partial charge in [0.2, 0.25) is 10.0 Å². The topological polar surface area (TPSA) is 144 Å². The number of nitrogens with two attached hydrogens (primary N) is 1. The van der Waals surface area contributed by atoms with E-state index in [2.05, 4.69) is 19.8 Å². The van der Waals surface area contributed by atoms with E-state index in [1.165, 1.54) is 19.9 Å². The molecule has 9 nitrogen and oxygen atoms in total. The van der Waals surface area contributed by atoms with Crippen molar-refractivity contribution in [2.45, 2.75) is 38.2 Å². The minimum Gasteiger partial charge on any atom is -0.389 e. The van der Waals surface area contributed by atoms with Crippen LogP contribution in [0.15, 0.2) is 39.9 Å². The Morgan fingerprint density at radius 2 is 1.90 bits per heavy atom. The fourth-order valence-corrected chi connectivity index (χ4v) is 3.86. The fraction of sp³-hybridized carbons (Fsp3) is 0.316. The number of nitrogens with one attached hydrogen (secondary N) is 1. The number of hydrogen-bond acceptors (Lipinski definition) is 8. The maximum absolute atomic E-state index is 12.6. The average molecular weight is 454 g/mol. The zero-order chi connectivity index (χ0) is 21.4. The second-order valence-electron chi connectivity index (χ2n) is 7.42. The summed E-state index contributed by atoms with van der Waals surface area (Å²) >= 11 is 0. The number of halogens is 1. The van der Waals surface area contributed by atoms with E-state index in [0.29, 0.717) is 22.5 Å². The van der Waals surface area contributed by atoms with Crippen molar-refractivity contribution in [3.63, 3.8) is 0 Å². The van der Waals surface area contributed by atoms with Gasteiger partial charge in [-0.25, -0.2) is 18.1 Å². The molecule has 3 aromatic rings. The molecule has 162 valence electrons. The monoisotopic (exact) mass is 453 g/mol. The van der Waals surface area contributed by atoms with Gasteiger partial charge in [-0.1, -0.05) is 11.2 Å². The number of aryl methyl sites for hydroxylation is 2. The van der Waals surface area contributed by atoms with Crippen LogP contribution in [0.1, 0.15) is 25.2 Å². The molecule has 0 spiro atoms. The highest BCUT2D eigenvalue weighted by molar-refractivity contribution is 7.89. The molecule has 0 amide bonds. The summed E-state index contributed by atoms with van der Waals surface area (Å²) in [6.45, 7) is 6.50. The van der Waals surface area contributed by atoms with E-state index in [4.69, 9.17) is 10.3 Å². The largest absolute Gasteiger partial charge is 0.389 e. The van der Waals surface area contributed by atoms with Gasteiger partial charge in [-0.3, -0.25) is 0 Å². The lowest BCUT2D eigenvalue weighted by Crippen LogP contribution is -2.38. The van der Waals surface area contributed by atoms with Crippen LogP contribution in [0.2, 0.25) is 0 Å². The van der Waals surface area contributed by atoms with Gasteiger partial charge in [-0.2, -0.15) is 4.98 Å². The SMILES string of the molecule is Cc1noc(-c2cc(-c3cc(S(=O)(=O)NCC(C)(C)O)ccc3C)cnc2N)n1.Cl. The second-order valence-corrected chi connectivity index (χ2v) is 9.18. The maximum atomic E-state index is 12.6. The first kappa shape index (κ1) is 23.7. The molecular weight excluding hydrogens is 430 g/mol. The zero-order valence-electron chi connectivity index (χ0n) is 17.0. The van der Waals surface area contributed by atoms with E-state index in [9.17, 15) is 13.5 Å². The van der Waals surface area contributed by atoms with Crippen molar-refractivity contribution in [1.29, 1.82) is 0 Å². The molecule has 0 atom stereocenters. The standard InChI is InChI=1S/C19H23N5O4S.ClH/c1-11-5-6-14(29(26,27)22-10-19(3,4)25)8-15(11)13-7-16(17(20)21-9-13)18-23-12(2)24-28-18;/h5-9,22,25H,10H2,1-4H3,(H2,20,21);1H. The molecule has 30 heavy (non-hydrogen) atoms. The summed E-state index contributed by atoms with van der Waals surface area (Å²) in [6.07, 6.45) is 1.56. The Bertz CT molecular complexity index is 1160. The van der Waals surface area contributed by atoms with Crippen LogP contribution in [-0.2, 0) is 10.0 Å². The van der Waals surface area contributed by atoms with Crippen LogP contribution in [0.4, 0.5) is 5.82 Å². The summed E-state index contributed by atoms with van der Waals surface area (Å²) in [7, 11) is -3.80. The lowest BCUT2D eigenvalue weighted by molar-refractivity contribution is 0.0857. The van der Waals surface area contributed by atoms with Gasteiger partial charge in [-0.15, -0.1) is 12.4 Å². The normalized spacial score (nSPS) is 11.9. The molecule has 0 aliphatic heterocycles. The molecule has 0 aliphatic carbocycles. The predicted octanol–water partition coefficient (Wildman–Crippen LogP) is 2.47. The lowest BCUT2D eigenvalue weighted by Gasteiger charge is -2.18. The van der Waals surface area contributed by atoms with Crippen LogP contribution >= 0.6 is 12.4 Å². The molecule has 3 rings (SSSR count). The minimum absolute atomic E-state index is 0. The lowest BCUT2D eigenvalue weighted by atomic mass is 10.0. The number of benzene rings is 1. The van der Waals surface area contributed by atoms with Gasteiger partial charge in [0.15, 0.2) is 5.82 Å². The molecule has 11 heteroatoms. The number of pyridine rings is 1. The highest BCUT2D eigenvalue weighted by Gasteiger charge is 2.21. The summed E-state index contributed by atoms with van der Waals surface area (Å²) < 4.78 is 32.9. The number of nitrogen functional groups attached to an aromatic ring is 1. The Morgan fingerprint density at radius 3 is 2.50 bits per heavy atom. The molecule has 1 aromatic carbocycles. The third-order valence-electron chi connectivity index (χ3n) is 4.20. The Hall–Kier alpha value is -2.53. The third-order valence-corrected chi connectivity index (χ3v) is 5.60. The van der Waals surface area contributed by atoms with Crippen molar-refractivity contribution in [3.05, 3.63) is 41.9 Å². The van der Waals surface area contributed by atoms with Crippen LogP contribution in [0.5, 0.6) is 0 Å². The molecule has 0 bridgehead atoms.